The van der Waals surface area contributed by atoms with Crippen molar-refractivity contribution in [1.82, 2.24) is 0 Å². The van der Waals surface area contributed by atoms with Gasteiger partial charge in [0.1, 0.15) is 5.75 Å². The summed E-state index contributed by atoms with van der Waals surface area (Å²) in [6, 6.07) is 12.5. The molecule has 19 heavy (non-hydrogen) atoms. The Bertz CT molecular complexity index is 566. The Kier molecular flexibility index (Phi) is 4.43. The SMILES string of the molecule is CC(C)c1ccccc1Oc1ccc(CCl)cc1F. The minimum atomic E-state index is -0.392. The maximum atomic E-state index is 13.9. The Hall–Kier alpha value is -1.54. The molecule has 0 heterocycles. The van der Waals surface area contributed by atoms with Crippen molar-refractivity contribution in [2.75, 3.05) is 0 Å². The van der Waals surface area contributed by atoms with Gasteiger partial charge in [-0.2, -0.15) is 0 Å². The van der Waals surface area contributed by atoms with Crippen molar-refractivity contribution in [3.8, 4) is 11.5 Å². The zero-order chi connectivity index (χ0) is 13.8. The van der Waals surface area contributed by atoms with E-state index in [1.54, 1.807) is 12.1 Å². The molecule has 0 spiro atoms. The number of hydrogen-bond acceptors (Lipinski definition) is 1. The van der Waals surface area contributed by atoms with E-state index in [-0.39, 0.29) is 5.75 Å². The second-order valence-electron chi connectivity index (χ2n) is 4.69. The van der Waals surface area contributed by atoms with E-state index in [1.807, 2.05) is 24.3 Å². The first kappa shape index (κ1) is 13.9. The van der Waals surface area contributed by atoms with E-state index in [4.69, 9.17) is 16.3 Å². The number of rotatable bonds is 4. The van der Waals surface area contributed by atoms with E-state index < -0.39 is 5.82 Å². The number of ether oxygens (including phenoxy) is 1. The molecule has 0 aliphatic rings. The van der Waals surface area contributed by atoms with Gasteiger partial charge < -0.3 is 4.74 Å². The molecule has 2 rings (SSSR count). The molecule has 2 aromatic carbocycles. The van der Waals surface area contributed by atoms with E-state index in [1.165, 1.54) is 6.07 Å². The van der Waals surface area contributed by atoms with Crippen LogP contribution in [0, 0.1) is 5.82 Å². The fraction of sp³-hybridized carbons (Fsp3) is 0.250. The highest BCUT2D eigenvalue weighted by Gasteiger charge is 2.10. The first-order valence-corrected chi connectivity index (χ1v) is 6.76. The highest BCUT2D eigenvalue weighted by molar-refractivity contribution is 6.17. The molecule has 0 amide bonds. The summed E-state index contributed by atoms with van der Waals surface area (Å²) in [5, 5.41) is 0. The van der Waals surface area contributed by atoms with Crippen molar-refractivity contribution >= 4 is 11.6 Å². The van der Waals surface area contributed by atoms with Crippen LogP contribution in [-0.4, -0.2) is 0 Å². The van der Waals surface area contributed by atoms with Crippen molar-refractivity contribution in [2.24, 2.45) is 0 Å². The van der Waals surface area contributed by atoms with Crippen LogP contribution >= 0.6 is 11.6 Å². The van der Waals surface area contributed by atoms with Gasteiger partial charge in [0.15, 0.2) is 11.6 Å². The zero-order valence-electron chi connectivity index (χ0n) is 11.0. The summed E-state index contributed by atoms with van der Waals surface area (Å²) in [5.41, 5.74) is 1.80. The second kappa shape index (κ2) is 6.07. The maximum Gasteiger partial charge on any atom is 0.166 e. The number of benzene rings is 2. The minimum absolute atomic E-state index is 0.224. The summed E-state index contributed by atoms with van der Waals surface area (Å²) < 4.78 is 19.6. The Morgan fingerprint density at radius 1 is 1.11 bits per heavy atom. The molecule has 0 aromatic heterocycles. The number of halogens is 2. The predicted octanol–water partition coefficient (Wildman–Crippen LogP) is 5.48. The standard InChI is InChI=1S/C16H16ClFO/c1-11(2)13-5-3-4-6-15(13)19-16-8-7-12(10-17)9-14(16)18/h3-9,11H,10H2,1-2H3. The smallest absolute Gasteiger partial charge is 0.166 e. The van der Waals surface area contributed by atoms with Gasteiger partial charge in [0.2, 0.25) is 0 Å². The normalized spacial score (nSPS) is 10.8. The van der Waals surface area contributed by atoms with Crippen molar-refractivity contribution in [3.63, 3.8) is 0 Å². The highest BCUT2D eigenvalue weighted by atomic mass is 35.5. The molecule has 0 atom stereocenters. The van der Waals surface area contributed by atoms with Crippen LogP contribution in [0.4, 0.5) is 4.39 Å². The topological polar surface area (TPSA) is 9.23 Å². The van der Waals surface area contributed by atoms with Crippen LogP contribution in [0.25, 0.3) is 0 Å². The predicted molar refractivity (Wildman–Crippen MR) is 76.6 cm³/mol. The minimum Gasteiger partial charge on any atom is -0.454 e. The molecule has 1 nitrogen and oxygen atoms in total. The lowest BCUT2D eigenvalue weighted by atomic mass is 10.0. The lowest BCUT2D eigenvalue weighted by Gasteiger charge is -2.14. The van der Waals surface area contributed by atoms with Crippen LogP contribution in [0.1, 0.15) is 30.9 Å². The summed E-state index contributed by atoms with van der Waals surface area (Å²) in [4.78, 5) is 0. The van der Waals surface area contributed by atoms with Gasteiger partial charge in [-0.05, 0) is 35.2 Å². The highest BCUT2D eigenvalue weighted by Crippen LogP contribution is 2.31. The average molecular weight is 279 g/mol. The fourth-order valence-electron chi connectivity index (χ4n) is 1.88. The number of alkyl halides is 1. The monoisotopic (exact) mass is 278 g/mol. The van der Waals surface area contributed by atoms with Gasteiger partial charge >= 0.3 is 0 Å². The molecule has 0 saturated carbocycles. The third-order valence-corrected chi connectivity index (χ3v) is 3.22. The van der Waals surface area contributed by atoms with Gasteiger partial charge in [-0.25, -0.2) is 4.39 Å². The molecule has 0 bridgehead atoms. The van der Waals surface area contributed by atoms with Crippen molar-refractivity contribution in [1.29, 1.82) is 0 Å². The van der Waals surface area contributed by atoms with Gasteiger partial charge in [-0.3, -0.25) is 0 Å². The van der Waals surface area contributed by atoms with Crippen LogP contribution in [0.3, 0.4) is 0 Å². The van der Waals surface area contributed by atoms with E-state index in [0.29, 0.717) is 17.5 Å². The molecular formula is C16H16ClFO. The van der Waals surface area contributed by atoms with Gasteiger partial charge in [0.25, 0.3) is 0 Å². The molecule has 0 aliphatic carbocycles. The first-order valence-electron chi connectivity index (χ1n) is 6.23. The third-order valence-electron chi connectivity index (χ3n) is 2.91. The zero-order valence-corrected chi connectivity index (χ0v) is 11.7. The van der Waals surface area contributed by atoms with Crippen LogP contribution in [-0.2, 0) is 5.88 Å². The van der Waals surface area contributed by atoms with Crippen LogP contribution < -0.4 is 4.74 Å². The van der Waals surface area contributed by atoms with Crippen molar-refractivity contribution in [3.05, 3.63) is 59.4 Å². The third kappa shape index (κ3) is 3.27. The van der Waals surface area contributed by atoms with Crippen LogP contribution in [0.2, 0.25) is 0 Å². The molecule has 2 aromatic rings. The molecular weight excluding hydrogens is 263 g/mol. The Morgan fingerprint density at radius 2 is 1.84 bits per heavy atom. The molecule has 3 heteroatoms. The van der Waals surface area contributed by atoms with E-state index >= 15 is 0 Å². The summed E-state index contributed by atoms with van der Waals surface area (Å²) in [7, 11) is 0. The van der Waals surface area contributed by atoms with Gasteiger partial charge in [0, 0.05) is 5.88 Å². The van der Waals surface area contributed by atoms with Crippen molar-refractivity contribution in [2.45, 2.75) is 25.6 Å². The Morgan fingerprint density at radius 3 is 2.47 bits per heavy atom. The van der Waals surface area contributed by atoms with E-state index in [9.17, 15) is 4.39 Å². The van der Waals surface area contributed by atoms with E-state index in [2.05, 4.69) is 13.8 Å². The quantitative estimate of drug-likeness (QED) is 0.673. The summed E-state index contributed by atoms with van der Waals surface area (Å²) >= 11 is 5.67. The van der Waals surface area contributed by atoms with Crippen LogP contribution in [0.5, 0.6) is 11.5 Å². The summed E-state index contributed by atoms with van der Waals surface area (Å²) in [6.07, 6.45) is 0. The van der Waals surface area contributed by atoms with Gasteiger partial charge in [-0.15, -0.1) is 11.6 Å². The summed E-state index contributed by atoms with van der Waals surface area (Å²) in [5.74, 6) is 1.13. The first-order chi connectivity index (χ1) is 9.11. The second-order valence-corrected chi connectivity index (χ2v) is 4.96. The molecule has 0 radical (unpaired) electrons. The van der Waals surface area contributed by atoms with Gasteiger partial charge in [0.05, 0.1) is 0 Å². The lowest BCUT2D eigenvalue weighted by molar-refractivity contribution is 0.435. The molecule has 100 valence electrons. The Balaban J connectivity index is 2.31. The summed E-state index contributed by atoms with van der Waals surface area (Å²) in [6.45, 7) is 4.16. The molecule has 0 saturated heterocycles. The van der Waals surface area contributed by atoms with E-state index in [0.717, 1.165) is 11.1 Å². The number of hydrogen-bond donors (Lipinski definition) is 0. The largest absolute Gasteiger partial charge is 0.454 e. The average Bonchev–Trinajstić information content (AvgIpc) is 2.41. The lowest BCUT2D eigenvalue weighted by Crippen LogP contribution is -1.95. The molecule has 0 aliphatic heterocycles. The molecule has 0 N–H and O–H groups in total. The fourth-order valence-corrected chi connectivity index (χ4v) is 2.05. The molecule has 0 fully saturated rings. The Labute approximate surface area is 118 Å². The molecule has 0 unspecified atom stereocenters. The van der Waals surface area contributed by atoms with Gasteiger partial charge in [-0.1, -0.05) is 38.1 Å². The number of para-hydroxylation sites is 1. The maximum absolute atomic E-state index is 13.9. The van der Waals surface area contributed by atoms with Crippen LogP contribution in [0.15, 0.2) is 42.5 Å². The van der Waals surface area contributed by atoms with Crippen molar-refractivity contribution < 1.29 is 9.13 Å².